The zero-order chi connectivity index (χ0) is 14.5. The Morgan fingerprint density at radius 3 is 2.70 bits per heavy atom. The minimum Gasteiger partial charge on any atom is -0.495 e. The molecule has 1 heterocycles. The lowest BCUT2D eigenvalue weighted by atomic mass is 10.0. The number of Topliss-reactive ketones (excluding diaryl/α,β-unsaturated/α-hetero) is 1. The summed E-state index contributed by atoms with van der Waals surface area (Å²) in [6.45, 7) is 0.806. The van der Waals surface area contributed by atoms with Crippen LogP contribution in [0.25, 0.3) is 0 Å². The highest BCUT2D eigenvalue weighted by atomic mass is 19.1. The van der Waals surface area contributed by atoms with Crippen molar-refractivity contribution in [3.63, 3.8) is 0 Å². The second-order valence-electron chi connectivity index (χ2n) is 4.46. The van der Waals surface area contributed by atoms with Gasteiger partial charge in [-0.2, -0.15) is 0 Å². The van der Waals surface area contributed by atoms with Crippen LogP contribution in [0.5, 0.6) is 0 Å². The lowest BCUT2D eigenvalue weighted by molar-refractivity contribution is -0.145. The number of carbonyl (C=O) groups is 2. The molecule has 0 N–H and O–H groups in total. The summed E-state index contributed by atoms with van der Waals surface area (Å²) in [5.41, 5.74) is 1.37. The first-order valence-corrected chi connectivity index (χ1v) is 6.31. The number of hydrogen-bond donors (Lipinski definition) is 0. The largest absolute Gasteiger partial charge is 0.495 e. The molecule has 1 aliphatic heterocycles. The lowest BCUT2D eigenvalue weighted by Gasteiger charge is -2.23. The Morgan fingerprint density at radius 1 is 1.40 bits per heavy atom. The van der Waals surface area contributed by atoms with Gasteiger partial charge in [0.2, 0.25) is 0 Å². The van der Waals surface area contributed by atoms with Crippen LogP contribution in [-0.2, 0) is 14.3 Å². The third kappa shape index (κ3) is 3.44. The van der Waals surface area contributed by atoms with Crippen molar-refractivity contribution in [1.29, 1.82) is 0 Å². The topological polar surface area (TPSA) is 52.6 Å². The van der Waals surface area contributed by atoms with Gasteiger partial charge in [0.25, 0.3) is 0 Å². The predicted molar refractivity (Wildman–Crippen MR) is 69.9 cm³/mol. The quantitative estimate of drug-likeness (QED) is 0.614. The number of cyclic esters (lactones) is 1. The Labute approximate surface area is 116 Å². The molecule has 1 aromatic carbocycles. The minimum absolute atomic E-state index is 0.0240. The molecule has 4 nitrogen and oxygen atoms in total. The number of rotatable bonds is 5. The fraction of sp³-hybridized carbons (Fsp3) is 0.333. The van der Waals surface area contributed by atoms with E-state index in [2.05, 4.69) is 0 Å². The average Bonchev–Trinajstić information content (AvgIpc) is 2.44. The molecule has 2 rings (SSSR count). The van der Waals surface area contributed by atoms with Crippen LogP contribution in [0.15, 0.2) is 36.1 Å². The summed E-state index contributed by atoms with van der Waals surface area (Å²) in [5, 5.41) is 0. The molecule has 0 radical (unpaired) electrons. The van der Waals surface area contributed by atoms with Crippen molar-refractivity contribution in [1.82, 2.24) is 0 Å². The van der Waals surface area contributed by atoms with E-state index >= 15 is 0 Å². The van der Waals surface area contributed by atoms with Gasteiger partial charge in [0.15, 0.2) is 5.78 Å². The van der Waals surface area contributed by atoms with Gasteiger partial charge in [0.05, 0.1) is 6.08 Å². The standard InChI is InChI=1S/C15H15FO4/c1-10(17)11-2-4-12(5-3-11)14-8-13(19-7-6-16)9-15(18)20-14/h2-5,9,14H,6-8H2,1H3. The molecule has 1 atom stereocenters. The second kappa shape index (κ2) is 6.32. The van der Waals surface area contributed by atoms with Crippen molar-refractivity contribution in [3.05, 3.63) is 47.2 Å². The van der Waals surface area contributed by atoms with Gasteiger partial charge in [0.1, 0.15) is 25.1 Å². The molecule has 0 fully saturated rings. The number of carbonyl (C=O) groups excluding carboxylic acids is 2. The van der Waals surface area contributed by atoms with E-state index in [0.29, 0.717) is 17.7 Å². The summed E-state index contributed by atoms with van der Waals surface area (Å²) < 4.78 is 22.4. The second-order valence-corrected chi connectivity index (χ2v) is 4.46. The highest BCUT2D eigenvalue weighted by Crippen LogP contribution is 2.29. The predicted octanol–water partition coefficient (Wildman–Crippen LogP) is 2.75. The first kappa shape index (κ1) is 14.2. The Morgan fingerprint density at radius 2 is 2.10 bits per heavy atom. The van der Waals surface area contributed by atoms with E-state index < -0.39 is 18.7 Å². The summed E-state index contributed by atoms with van der Waals surface area (Å²) >= 11 is 0. The smallest absolute Gasteiger partial charge is 0.334 e. The Kier molecular flexibility index (Phi) is 4.50. The summed E-state index contributed by atoms with van der Waals surface area (Å²) in [6.07, 6.45) is 1.13. The number of esters is 1. The fourth-order valence-electron chi connectivity index (χ4n) is 1.98. The third-order valence-corrected chi connectivity index (χ3v) is 2.98. The number of ketones is 1. The van der Waals surface area contributed by atoms with Crippen LogP contribution >= 0.6 is 0 Å². The molecule has 0 aliphatic carbocycles. The molecular weight excluding hydrogens is 263 g/mol. The monoisotopic (exact) mass is 278 g/mol. The number of hydrogen-bond acceptors (Lipinski definition) is 4. The number of ether oxygens (including phenoxy) is 2. The molecule has 0 amide bonds. The summed E-state index contributed by atoms with van der Waals surface area (Å²) in [7, 11) is 0. The maximum absolute atomic E-state index is 12.1. The molecule has 1 aliphatic rings. The zero-order valence-electron chi connectivity index (χ0n) is 11.1. The molecule has 1 unspecified atom stereocenters. The van der Waals surface area contributed by atoms with Gasteiger partial charge in [-0.1, -0.05) is 24.3 Å². The van der Waals surface area contributed by atoms with Crippen molar-refractivity contribution in [2.45, 2.75) is 19.4 Å². The molecule has 0 bridgehead atoms. The number of benzene rings is 1. The molecule has 5 heteroatoms. The summed E-state index contributed by atoms with van der Waals surface area (Å²) in [5.74, 6) is -0.116. The van der Waals surface area contributed by atoms with Gasteiger partial charge in [-0.25, -0.2) is 9.18 Å². The SMILES string of the molecule is CC(=O)c1ccc(C2CC(OCCF)=CC(=O)O2)cc1. The highest BCUT2D eigenvalue weighted by molar-refractivity contribution is 5.94. The van der Waals surface area contributed by atoms with Crippen molar-refractivity contribution >= 4 is 11.8 Å². The van der Waals surface area contributed by atoms with Crippen LogP contribution in [0.1, 0.15) is 35.4 Å². The highest BCUT2D eigenvalue weighted by Gasteiger charge is 2.24. The molecule has 0 aromatic heterocycles. The maximum Gasteiger partial charge on any atom is 0.334 e. The molecule has 0 saturated carbocycles. The van der Waals surface area contributed by atoms with Crippen LogP contribution in [0.2, 0.25) is 0 Å². The van der Waals surface area contributed by atoms with Crippen molar-refractivity contribution in [2.75, 3.05) is 13.3 Å². The molecule has 20 heavy (non-hydrogen) atoms. The summed E-state index contributed by atoms with van der Waals surface area (Å²) in [4.78, 5) is 22.7. The Bertz CT molecular complexity index is 533. The Balaban J connectivity index is 2.11. The Hall–Kier alpha value is -2.17. The first-order valence-electron chi connectivity index (χ1n) is 6.31. The molecule has 0 spiro atoms. The van der Waals surface area contributed by atoms with E-state index in [9.17, 15) is 14.0 Å². The number of halogens is 1. The van der Waals surface area contributed by atoms with Crippen molar-refractivity contribution < 1.29 is 23.5 Å². The van der Waals surface area contributed by atoms with Gasteiger partial charge in [-0.15, -0.1) is 0 Å². The van der Waals surface area contributed by atoms with Gasteiger partial charge < -0.3 is 9.47 Å². The molecule has 0 saturated heterocycles. The van der Waals surface area contributed by atoms with Crippen molar-refractivity contribution in [2.24, 2.45) is 0 Å². The van der Waals surface area contributed by atoms with Crippen LogP contribution in [0, 0.1) is 0 Å². The van der Waals surface area contributed by atoms with Gasteiger partial charge in [-0.3, -0.25) is 4.79 Å². The molecule has 106 valence electrons. The van der Waals surface area contributed by atoms with E-state index in [1.165, 1.54) is 13.0 Å². The van der Waals surface area contributed by atoms with Crippen LogP contribution in [0.4, 0.5) is 4.39 Å². The molecule has 1 aromatic rings. The van der Waals surface area contributed by atoms with E-state index in [4.69, 9.17) is 9.47 Å². The lowest BCUT2D eigenvalue weighted by Crippen LogP contribution is -2.18. The maximum atomic E-state index is 12.1. The van der Waals surface area contributed by atoms with Crippen molar-refractivity contribution in [3.8, 4) is 0 Å². The van der Waals surface area contributed by atoms with Gasteiger partial charge in [-0.05, 0) is 12.5 Å². The summed E-state index contributed by atoms with van der Waals surface area (Å²) in [6, 6.07) is 6.86. The zero-order valence-corrected chi connectivity index (χ0v) is 11.1. The third-order valence-electron chi connectivity index (χ3n) is 2.98. The fourth-order valence-corrected chi connectivity index (χ4v) is 1.98. The van der Waals surface area contributed by atoms with E-state index in [1.807, 2.05) is 0 Å². The normalized spacial score (nSPS) is 18.2. The average molecular weight is 278 g/mol. The first-order chi connectivity index (χ1) is 9.60. The number of alkyl halides is 1. The van der Waals surface area contributed by atoms with E-state index in [1.54, 1.807) is 24.3 Å². The van der Waals surface area contributed by atoms with Gasteiger partial charge >= 0.3 is 5.97 Å². The van der Waals surface area contributed by atoms with Crippen LogP contribution < -0.4 is 0 Å². The minimum atomic E-state index is -0.607. The van der Waals surface area contributed by atoms with Gasteiger partial charge in [0, 0.05) is 12.0 Å². The van der Waals surface area contributed by atoms with Crippen LogP contribution in [-0.4, -0.2) is 25.0 Å². The molecular formula is C15H15FO4. The van der Waals surface area contributed by atoms with E-state index in [0.717, 1.165) is 5.56 Å². The van der Waals surface area contributed by atoms with E-state index in [-0.39, 0.29) is 12.4 Å². The van der Waals surface area contributed by atoms with Crippen LogP contribution in [0.3, 0.4) is 0 Å².